The van der Waals surface area contributed by atoms with E-state index in [-0.39, 0.29) is 29.7 Å². The van der Waals surface area contributed by atoms with Gasteiger partial charge in [-0.1, -0.05) is 12.1 Å². The van der Waals surface area contributed by atoms with Crippen LogP contribution >= 0.6 is 24.0 Å². The molecule has 0 spiro atoms. The third kappa shape index (κ3) is 6.99. The lowest BCUT2D eigenvalue weighted by Gasteiger charge is -2.12. The molecular weight excluding hydrogens is 437 g/mol. The van der Waals surface area contributed by atoms with E-state index in [2.05, 4.69) is 20.9 Å². The van der Waals surface area contributed by atoms with Gasteiger partial charge in [0, 0.05) is 39.2 Å². The summed E-state index contributed by atoms with van der Waals surface area (Å²) in [5.74, 6) is 1.59. The van der Waals surface area contributed by atoms with Gasteiger partial charge in [0.05, 0.1) is 11.2 Å². The van der Waals surface area contributed by atoms with Crippen molar-refractivity contribution in [3.63, 3.8) is 0 Å². The Balaban J connectivity index is 0.00000312. The van der Waals surface area contributed by atoms with Crippen LogP contribution in [0.4, 0.5) is 11.4 Å². The third-order valence-corrected chi connectivity index (χ3v) is 3.30. The zero-order valence-corrected chi connectivity index (χ0v) is 16.2. The Morgan fingerprint density at radius 3 is 2.60 bits per heavy atom. The van der Waals surface area contributed by atoms with Crippen LogP contribution in [0.3, 0.4) is 0 Å². The summed E-state index contributed by atoms with van der Waals surface area (Å²) in [6.45, 7) is 1.81. The Bertz CT molecular complexity index is 676. The van der Waals surface area contributed by atoms with Crippen molar-refractivity contribution < 1.29 is 9.34 Å². The molecule has 1 aromatic carbocycles. The number of halogens is 1. The zero-order valence-electron chi connectivity index (χ0n) is 13.9. The van der Waals surface area contributed by atoms with Crippen molar-refractivity contribution in [1.82, 2.24) is 10.6 Å². The van der Waals surface area contributed by atoms with E-state index in [9.17, 15) is 10.1 Å². The quantitative estimate of drug-likeness (QED) is 0.140. The zero-order chi connectivity index (χ0) is 17.2. The maximum Gasteiger partial charge on any atom is 0.292 e. The SMILES string of the molecule is CN=C(NCCNc1ccccc1[N+](=O)[O-])NCCc1ccco1.I. The van der Waals surface area contributed by atoms with Crippen molar-refractivity contribution >= 4 is 41.3 Å². The maximum absolute atomic E-state index is 10.9. The molecule has 3 N–H and O–H groups in total. The van der Waals surface area contributed by atoms with Crippen molar-refractivity contribution in [2.24, 2.45) is 4.99 Å². The monoisotopic (exact) mass is 459 g/mol. The van der Waals surface area contributed by atoms with E-state index in [1.54, 1.807) is 31.5 Å². The van der Waals surface area contributed by atoms with E-state index < -0.39 is 4.92 Å². The number of nitro groups is 1. The molecule has 0 saturated heterocycles. The minimum Gasteiger partial charge on any atom is -0.469 e. The standard InChI is InChI=1S/C16H21N5O3.HI/c1-17-16(19-9-8-13-5-4-12-24-13)20-11-10-18-14-6-2-3-7-15(14)21(22)23;/h2-7,12,18H,8-11H2,1H3,(H2,17,19,20);1H. The summed E-state index contributed by atoms with van der Waals surface area (Å²) in [5, 5.41) is 20.3. The number of hydrogen-bond donors (Lipinski definition) is 3. The molecule has 0 bridgehead atoms. The van der Waals surface area contributed by atoms with E-state index in [4.69, 9.17) is 4.42 Å². The number of anilines is 1. The molecule has 0 amide bonds. The number of para-hydroxylation sites is 2. The summed E-state index contributed by atoms with van der Waals surface area (Å²) >= 11 is 0. The molecule has 0 aliphatic heterocycles. The van der Waals surface area contributed by atoms with Gasteiger partial charge in [-0.15, -0.1) is 24.0 Å². The smallest absolute Gasteiger partial charge is 0.292 e. The molecule has 0 aliphatic rings. The number of nitrogens with zero attached hydrogens (tertiary/aromatic N) is 2. The Labute approximate surface area is 163 Å². The molecular formula is C16H22IN5O3. The number of rotatable bonds is 8. The van der Waals surface area contributed by atoms with Crippen LogP contribution in [0, 0.1) is 10.1 Å². The van der Waals surface area contributed by atoms with Gasteiger partial charge in [-0.2, -0.15) is 0 Å². The first-order valence-corrected chi connectivity index (χ1v) is 7.65. The normalized spacial score (nSPS) is 10.7. The number of aliphatic imine (C=N–C) groups is 1. The molecule has 0 radical (unpaired) electrons. The lowest BCUT2D eigenvalue weighted by atomic mass is 10.2. The highest BCUT2D eigenvalue weighted by Gasteiger charge is 2.11. The van der Waals surface area contributed by atoms with Gasteiger partial charge >= 0.3 is 0 Å². The lowest BCUT2D eigenvalue weighted by molar-refractivity contribution is -0.384. The van der Waals surface area contributed by atoms with E-state index in [1.807, 2.05) is 12.1 Å². The highest BCUT2D eigenvalue weighted by atomic mass is 127. The van der Waals surface area contributed by atoms with Crippen LogP contribution in [0.15, 0.2) is 52.1 Å². The predicted octanol–water partition coefficient (Wildman–Crippen LogP) is 2.63. The van der Waals surface area contributed by atoms with E-state index in [0.717, 1.165) is 12.2 Å². The summed E-state index contributed by atoms with van der Waals surface area (Å²) in [7, 11) is 1.69. The first kappa shape index (κ1) is 20.7. The van der Waals surface area contributed by atoms with Gasteiger partial charge in [0.2, 0.25) is 0 Å². The fourth-order valence-corrected chi connectivity index (χ4v) is 2.14. The molecule has 0 unspecified atom stereocenters. The van der Waals surface area contributed by atoms with Gasteiger partial charge < -0.3 is 20.4 Å². The van der Waals surface area contributed by atoms with Gasteiger partial charge in [0.15, 0.2) is 5.96 Å². The Morgan fingerprint density at radius 1 is 1.16 bits per heavy atom. The van der Waals surface area contributed by atoms with Crippen LogP contribution in [0.2, 0.25) is 0 Å². The molecule has 8 nitrogen and oxygen atoms in total. The van der Waals surface area contributed by atoms with E-state index >= 15 is 0 Å². The average Bonchev–Trinajstić information content (AvgIpc) is 3.10. The van der Waals surface area contributed by atoms with Gasteiger partial charge in [-0.25, -0.2) is 0 Å². The van der Waals surface area contributed by atoms with Crippen LogP contribution in [-0.2, 0) is 6.42 Å². The number of guanidine groups is 1. The van der Waals surface area contributed by atoms with Crippen LogP contribution in [0.25, 0.3) is 0 Å². The van der Waals surface area contributed by atoms with E-state index in [1.165, 1.54) is 6.07 Å². The van der Waals surface area contributed by atoms with Crippen LogP contribution in [0.5, 0.6) is 0 Å². The number of benzene rings is 1. The lowest BCUT2D eigenvalue weighted by Crippen LogP contribution is -2.40. The highest BCUT2D eigenvalue weighted by Crippen LogP contribution is 2.22. The fraction of sp³-hybridized carbons (Fsp3) is 0.312. The number of nitrogens with one attached hydrogen (secondary N) is 3. The van der Waals surface area contributed by atoms with Crippen LogP contribution in [0.1, 0.15) is 5.76 Å². The molecule has 1 aromatic heterocycles. The topological polar surface area (TPSA) is 105 Å². The second-order valence-electron chi connectivity index (χ2n) is 4.96. The van der Waals surface area contributed by atoms with Crippen LogP contribution in [-0.4, -0.2) is 37.6 Å². The summed E-state index contributed by atoms with van der Waals surface area (Å²) in [4.78, 5) is 14.7. The summed E-state index contributed by atoms with van der Waals surface area (Å²) in [6.07, 6.45) is 2.42. The third-order valence-electron chi connectivity index (χ3n) is 3.30. The summed E-state index contributed by atoms with van der Waals surface area (Å²) in [5.41, 5.74) is 0.573. The molecule has 0 atom stereocenters. The molecule has 2 aromatic rings. The molecule has 0 saturated carbocycles. The highest BCUT2D eigenvalue weighted by molar-refractivity contribution is 14.0. The molecule has 0 fully saturated rings. The molecule has 136 valence electrons. The van der Waals surface area contributed by atoms with Gasteiger partial charge in [-0.3, -0.25) is 15.1 Å². The first-order chi connectivity index (χ1) is 11.7. The molecule has 9 heteroatoms. The Hall–Kier alpha value is -2.30. The number of hydrogen-bond acceptors (Lipinski definition) is 5. The molecule has 1 heterocycles. The van der Waals surface area contributed by atoms with Crippen molar-refractivity contribution in [3.8, 4) is 0 Å². The van der Waals surface area contributed by atoms with Gasteiger partial charge in [0.1, 0.15) is 11.4 Å². The van der Waals surface area contributed by atoms with Crippen LogP contribution < -0.4 is 16.0 Å². The Kier molecular flexibility index (Phi) is 9.37. The summed E-state index contributed by atoms with van der Waals surface area (Å²) in [6, 6.07) is 10.4. The van der Waals surface area contributed by atoms with Crippen molar-refractivity contribution in [2.75, 3.05) is 32.0 Å². The average molecular weight is 459 g/mol. The largest absolute Gasteiger partial charge is 0.469 e. The summed E-state index contributed by atoms with van der Waals surface area (Å²) < 4.78 is 5.26. The Morgan fingerprint density at radius 2 is 1.92 bits per heavy atom. The van der Waals surface area contributed by atoms with Crippen molar-refractivity contribution in [2.45, 2.75) is 6.42 Å². The van der Waals surface area contributed by atoms with Gasteiger partial charge in [-0.05, 0) is 18.2 Å². The first-order valence-electron chi connectivity index (χ1n) is 7.65. The van der Waals surface area contributed by atoms with E-state index in [0.29, 0.717) is 31.3 Å². The predicted molar refractivity (Wildman–Crippen MR) is 109 cm³/mol. The second-order valence-corrected chi connectivity index (χ2v) is 4.96. The van der Waals surface area contributed by atoms with Gasteiger partial charge in [0.25, 0.3) is 5.69 Å². The second kappa shape index (κ2) is 11.3. The van der Waals surface area contributed by atoms with Crippen molar-refractivity contribution in [3.05, 3.63) is 58.5 Å². The molecule has 25 heavy (non-hydrogen) atoms. The number of furan rings is 1. The maximum atomic E-state index is 10.9. The van der Waals surface area contributed by atoms with Crippen molar-refractivity contribution in [1.29, 1.82) is 0 Å². The molecule has 2 rings (SSSR count). The number of nitro benzene ring substituents is 1. The molecule has 0 aliphatic carbocycles. The fourth-order valence-electron chi connectivity index (χ4n) is 2.14. The minimum atomic E-state index is -0.398. The minimum absolute atomic E-state index is 0.